The van der Waals surface area contributed by atoms with Crippen LogP contribution in [0.3, 0.4) is 0 Å². The lowest BCUT2D eigenvalue weighted by Gasteiger charge is -2.31. The Morgan fingerprint density at radius 3 is 2.55 bits per heavy atom. The molecule has 2 N–H and O–H groups in total. The zero-order valence-corrected chi connectivity index (χ0v) is 16.1. The molecule has 0 unspecified atom stereocenters. The van der Waals surface area contributed by atoms with Crippen LogP contribution in [-0.2, 0) is 6.54 Å². The minimum Gasteiger partial charge on any atom is -0.370 e. The van der Waals surface area contributed by atoms with Crippen LogP contribution in [0.25, 0.3) is 0 Å². The first-order valence-corrected chi connectivity index (χ1v) is 7.92. The number of nitrogens with two attached hydrogens (primary N) is 1. The molecular formula is C17H29IN4. The van der Waals surface area contributed by atoms with Gasteiger partial charge in [0.05, 0.1) is 6.54 Å². The molecule has 0 amide bonds. The topological polar surface area (TPSA) is 44.9 Å². The van der Waals surface area contributed by atoms with Crippen LogP contribution in [0.5, 0.6) is 0 Å². The van der Waals surface area contributed by atoms with E-state index in [-0.39, 0.29) is 24.0 Å². The molecule has 0 aromatic heterocycles. The van der Waals surface area contributed by atoms with E-state index in [1.165, 1.54) is 18.4 Å². The molecule has 1 heterocycles. The van der Waals surface area contributed by atoms with Gasteiger partial charge in [0, 0.05) is 26.2 Å². The van der Waals surface area contributed by atoms with Crippen LogP contribution in [0.2, 0.25) is 0 Å². The smallest absolute Gasteiger partial charge is 0.191 e. The number of benzene rings is 1. The number of likely N-dealkylation sites (N-methyl/N-ethyl adjacent to an activating group) is 1. The summed E-state index contributed by atoms with van der Waals surface area (Å²) in [5, 5.41) is 0. The number of nitrogens with zero attached hydrogens (tertiary/aromatic N) is 3. The summed E-state index contributed by atoms with van der Waals surface area (Å²) >= 11 is 0. The van der Waals surface area contributed by atoms with Crippen molar-refractivity contribution in [2.24, 2.45) is 16.6 Å². The minimum atomic E-state index is 0. The summed E-state index contributed by atoms with van der Waals surface area (Å²) in [7, 11) is 2.13. The van der Waals surface area contributed by atoms with Crippen LogP contribution in [0.4, 0.5) is 0 Å². The van der Waals surface area contributed by atoms with Crippen molar-refractivity contribution in [2.75, 3.05) is 33.2 Å². The monoisotopic (exact) mass is 416 g/mol. The summed E-state index contributed by atoms with van der Waals surface area (Å²) in [6.45, 7) is 7.06. The predicted molar refractivity (Wildman–Crippen MR) is 105 cm³/mol. The number of piperidine rings is 1. The highest BCUT2D eigenvalue weighted by Crippen LogP contribution is 2.15. The van der Waals surface area contributed by atoms with E-state index in [0.29, 0.717) is 0 Å². The molecule has 22 heavy (non-hydrogen) atoms. The third-order valence-electron chi connectivity index (χ3n) is 4.16. The molecule has 1 aliphatic heterocycles. The number of halogens is 1. The molecule has 0 bridgehead atoms. The molecule has 1 aromatic carbocycles. The number of likely N-dealkylation sites (tertiary alicyclic amines) is 1. The van der Waals surface area contributed by atoms with Gasteiger partial charge < -0.3 is 15.5 Å². The zero-order valence-electron chi connectivity index (χ0n) is 13.7. The molecule has 1 fully saturated rings. The molecule has 2 rings (SSSR count). The van der Waals surface area contributed by atoms with E-state index < -0.39 is 0 Å². The van der Waals surface area contributed by atoms with Crippen molar-refractivity contribution < 1.29 is 0 Å². The highest BCUT2D eigenvalue weighted by molar-refractivity contribution is 14.0. The Bertz CT molecular complexity index is 441. The summed E-state index contributed by atoms with van der Waals surface area (Å²) in [4.78, 5) is 9.03. The molecule has 1 saturated heterocycles. The fourth-order valence-electron chi connectivity index (χ4n) is 2.65. The molecular weight excluding hydrogens is 387 g/mol. The van der Waals surface area contributed by atoms with Crippen LogP contribution in [0.1, 0.15) is 25.3 Å². The Morgan fingerprint density at radius 2 is 1.91 bits per heavy atom. The number of aliphatic imine (C=N–C) groups is 1. The Kier molecular flexibility index (Phi) is 8.78. The molecule has 5 heteroatoms. The average Bonchev–Trinajstić information content (AvgIpc) is 2.49. The summed E-state index contributed by atoms with van der Waals surface area (Å²) in [5.74, 6) is 1.54. The van der Waals surface area contributed by atoms with Crippen molar-refractivity contribution in [2.45, 2.75) is 26.3 Å². The lowest BCUT2D eigenvalue weighted by Crippen LogP contribution is -2.42. The fourth-order valence-corrected chi connectivity index (χ4v) is 2.65. The fraction of sp³-hybridized carbons (Fsp3) is 0.588. The van der Waals surface area contributed by atoms with Gasteiger partial charge in [0.25, 0.3) is 0 Å². The van der Waals surface area contributed by atoms with Crippen molar-refractivity contribution in [3.05, 3.63) is 35.9 Å². The predicted octanol–water partition coefficient (Wildman–Crippen LogP) is 2.78. The van der Waals surface area contributed by atoms with Crippen molar-refractivity contribution in [3.8, 4) is 0 Å². The largest absolute Gasteiger partial charge is 0.370 e. The van der Waals surface area contributed by atoms with Gasteiger partial charge in [0.15, 0.2) is 5.96 Å². The van der Waals surface area contributed by atoms with Crippen LogP contribution in [0, 0.1) is 5.92 Å². The molecule has 0 atom stereocenters. The van der Waals surface area contributed by atoms with Crippen molar-refractivity contribution in [1.82, 2.24) is 9.80 Å². The Balaban J connectivity index is 0.00000242. The maximum atomic E-state index is 6.09. The maximum Gasteiger partial charge on any atom is 0.191 e. The molecule has 0 saturated carbocycles. The van der Waals surface area contributed by atoms with Gasteiger partial charge in [-0.1, -0.05) is 37.3 Å². The van der Waals surface area contributed by atoms with E-state index in [4.69, 9.17) is 5.73 Å². The molecule has 1 aromatic rings. The van der Waals surface area contributed by atoms with Gasteiger partial charge in [0.2, 0.25) is 0 Å². The molecule has 0 aliphatic carbocycles. The summed E-state index contributed by atoms with van der Waals surface area (Å²) in [6.07, 6.45) is 2.45. The van der Waals surface area contributed by atoms with Gasteiger partial charge in [-0.15, -0.1) is 24.0 Å². The normalized spacial score (nSPS) is 16.7. The van der Waals surface area contributed by atoms with E-state index >= 15 is 0 Å². The van der Waals surface area contributed by atoms with Gasteiger partial charge in [0.1, 0.15) is 0 Å². The van der Waals surface area contributed by atoms with E-state index in [9.17, 15) is 0 Å². The molecule has 1 aliphatic rings. The van der Waals surface area contributed by atoms with E-state index in [1.54, 1.807) is 0 Å². The van der Waals surface area contributed by atoms with Gasteiger partial charge in [-0.3, -0.25) is 4.99 Å². The minimum absolute atomic E-state index is 0. The zero-order chi connectivity index (χ0) is 15.1. The maximum absolute atomic E-state index is 6.09. The molecule has 124 valence electrons. The number of hydrogen-bond donors (Lipinski definition) is 1. The third kappa shape index (κ3) is 6.52. The van der Waals surface area contributed by atoms with Crippen molar-refractivity contribution in [1.29, 1.82) is 0 Å². The van der Waals surface area contributed by atoms with Gasteiger partial charge in [-0.2, -0.15) is 0 Å². The second-order valence-electron chi connectivity index (χ2n) is 6.13. The molecule has 0 radical (unpaired) electrons. The van der Waals surface area contributed by atoms with E-state index in [1.807, 2.05) is 6.07 Å². The summed E-state index contributed by atoms with van der Waals surface area (Å²) in [6, 6.07) is 10.5. The highest BCUT2D eigenvalue weighted by atomic mass is 127. The number of rotatable bonds is 5. The quantitative estimate of drug-likeness (QED) is 0.456. The number of guanidine groups is 1. The number of hydrogen-bond acceptors (Lipinski definition) is 2. The van der Waals surface area contributed by atoms with Crippen LogP contribution in [-0.4, -0.2) is 49.0 Å². The Hall–Kier alpha value is -0.820. The van der Waals surface area contributed by atoms with Gasteiger partial charge in [-0.05, 0) is 31.4 Å². The summed E-state index contributed by atoms with van der Waals surface area (Å²) in [5.41, 5.74) is 7.43. The van der Waals surface area contributed by atoms with E-state index in [2.05, 4.69) is 53.0 Å². The lowest BCUT2D eigenvalue weighted by molar-refractivity contribution is 0.276. The van der Waals surface area contributed by atoms with Gasteiger partial charge >= 0.3 is 0 Å². The van der Waals surface area contributed by atoms with Crippen molar-refractivity contribution in [3.63, 3.8) is 0 Å². The first-order chi connectivity index (χ1) is 10.1. The first kappa shape index (κ1) is 19.2. The second kappa shape index (κ2) is 10.0. The standard InChI is InChI=1S/C17H28N4.HI/c1-15-8-11-21(12-9-15)17(18)19-10-13-20(2)14-16-6-4-3-5-7-16;/h3-7,15H,8-14H2,1-2H3,(H2,18,19);1H. The van der Waals surface area contributed by atoms with E-state index in [0.717, 1.165) is 44.6 Å². The van der Waals surface area contributed by atoms with Crippen LogP contribution < -0.4 is 5.73 Å². The Labute approximate surface area is 151 Å². The highest BCUT2D eigenvalue weighted by Gasteiger charge is 2.16. The second-order valence-corrected chi connectivity index (χ2v) is 6.13. The van der Waals surface area contributed by atoms with Crippen LogP contribution >= 0.6 is 24.0 Å². The third-order valence-corrected chi connectivity index (χ3v) is 4.16. The molecule has 0 spiro atoms. The SMILES string of the molecule is CC1CCN(C(N)=NCCN(C)Cc2ccccc2)CC1.I. The van der Waals surface area contributed by atoms with Crippen LogP contribution in [0.15, 0.2) is 35.3 Å². The van der Waals surface area contributed by atoms with Crippen molar-refractivity contribution >= 4 is 29.9 Å². The van der Waals surface area contributed by atoms with Gasteiger partial charge in [-0.25, -0.2) is 0 Å². The molecule has 4 nitrogen and oxygen atoms in total. The average molecular weight is 416 g/mol. The lowest BCUT2D eigenvalue weighted by atomic mass is 10.00. The summed E-state index contributed by atoms with van der Waals surface area (Å²) < 4.78 is 0. The Morgan fingerprint density at radius 1 is 1.27 bits per heavy atom. The first-order valence-electron chi connectivity index (χ1n) is 7.92.